The molecule has 0 saturated heterocycles. The molecule has 1 aliphatic carbocycles. The van der Waals surface area contributed by atoms with E-state index in [1.165, 1.54) is 6.42 Å². The molecule has 7 heteroatoms. The Hall–Kier alpha value is -1.43. The van der Waals surface area contributed by atoms with Crippen LogP contribution < -0.4 is 5.73 Å². The van der Waals surface area contributed by atoms with Crippen molar-refractivity contribution in [2.45, 2.75) is 64.5 Å². The Labute approximate surface area is 170 Å². The summed E-state index contributed by atoms with van der Waals surface area (Å²) in [6.07, 6.45) is 9.37. The second kappa shape index (κ2) is 7.90. The van der Waals surface area contributed by atoms with Crippen LogP contribution >= 0.6 is 23.2 Å². The van der Waals surface area contributed by atoms with Crippen molar-refractivity contribution in [1.29, 1.82) is 0 Å². The first kappa shape index (κ1) is 20.3. The lowest BCUT2D eigenvalue weighted by Gasteiger charge is -2.35. The van der Waals surface area contributed by atoms with Gasteiger partial charge in [0.05, 0.1) is 11.6 Å². The third-order valence-corrected chi connectivity index (χ3v) is 5.82. The minimum Gasteiger partial charge on any atom is -0.319 e. The monoisotopic (exact) mass is 407 g/mol. The van der Waals surface area contributed by atoms with Gasteiger partial charge in [-0.15, -0.1) is 5.10 Å². The van der Waals surface area contributed by atoms with Gasteiger partial charge in [-0.05, 0) is 46.4 Å². The number of allylic oxidation sites excluding steroid dienone is 1. The molecule has 0 radical (unpaired) electrons. The molecule has 1 fully saturated rings. The van der Waals surface area contributed by atoms with E-state index in [0.29, 0.717) is 10.0 Å². The summed E-state index contributed by atoms with van der Waals surface area (Å²) in [6.45, 7) is 6.50. The SMILES string of the molecule is CC(C)(C)C(/C=C/c1ccc(Cl)cc1Cl)n1nnnc1C1(N)CCCCC1. The van der Waals surface area contributed by atoms with E-state index in [0.717, 1.165) is 37.1 Å². The molecule has 2 N–H and O–H groups in total. The van der Waals surface area contributed by atoms with Gasteiger partial charge in [0.1, 0.15) is 0 Å². The maximum Gasteiger partial charge on any atom is 0.171 e. The topological polar surface area (TPSA) is 69.6 Å². The summed E-state index contributed by atoms with van der Waals surface area (Å²) in [5.41, 5.74) is 7.07. The Morgan fingerprint density at radius 3 is 2.52 bits per heavy atom. The van der Waals surface area contributed by atoms with E-state index >= 15 is 0 Å². The third-order valence-electron chi connectivity index (χ3n) is 5.26. The van der Waals surface area contributed by atoms with Gasteiger partial charge in [0.25, 0.3) is 0 Å². The van der Waals surface area contributed by atoms with E-state index in [2.05, 4.69) is 42.4 Å². The van der Waals surface area contributed by atoms with Crippen LogP contribution in [0.2, 0.25) is 10.0 Å². The van der Waals surface area contributed by atoms with Crippen LogP contribution in [0.4, 0.5) is 0 Å². The molecule has 1 unspecified atom stereocenters. The fourth-order valence-corrected chi connectivity index (χ4v) is 4.16. The van der Waals surface area contributed by atoms with Crippen LogP contribution in [0.3, 0.4) is 0 Å². The Morgan fingerprint density at radius 1 is 1.19 bits per heavy atom. The summed E-state index contributed by atoms with van der Waals surface area (Å²) >= 11 is 12.3. The molecule has 1 heterocycles. The molecule has 1 atom stereocenters. The molecule has 3 rings (SSSR count). The van der Waals surface area contributed by atoms with Crippen molar-refractivity contribution in [2.24, 2.45) is 11.1 Å². The average Bonchev–Trinajstić information content (AvgIpc) is 3.06. The van der Waals surface area contributed by atoms with Crippen molar-refractivity contribution in [3.8, 4) is 0 Å². The average molecular weight is 408 g/mol. The Bertz CT molecular complexity index is 816. The highest BCUT2D eigenvalue weighted by Crippen LogP contribution is 2.38. The predicted octanol–water partition coefficient (Wildman–Crippen LogP) is 5.40. The quantitative estimate of drug-likeness (QED) is 0.736. The summed E-state index contributed by atoms with van der Waals surface area (Å²) in [4.78, 5) is 0. The zero-order valence-electron chi connectivity index (χ0n) is 16.1. The standard InChI is InChI=1S/C20H27Cl2N5/c1-19(2,3)17(10-8-14-7-9-15(21)13-16(14)22)27-18(24-25-26-27)20(23)11-5-4-6-12-20/h7-10,13,17H,4-6,11-12,23H2,1-3H3/b10-8+. The number of rotatable bonds is 4. The van der Waals surface area contributed by atoms with Gasteiger partial charge in [0.2, 0.25) is 0 Å². The largest absolute Gasteiger partial charge is 0.319 e. The number of aromatic nitrogens is 4. The van der Waals surface area contributed by atoms with Crippen molar-refractivity contribution in [3.63, 3.8) is 0 Å². The van der Waals surface area contributed by atoms with Gasteiger partial charge in [0, 0.05) is 10.0 Å². The number of halogens is 2. The minimum atomic E-state index is -0.461. The first-order valence-electron chi connectivity index (χ1n) is 9.41. The van der Waals surface area contributed by atoms with E-state index in [1.807, 2.05) is 22.9 Å². The molecule has 146 valence electrons. The fraction of sp³-hybridized carbons (Fsp3) is 0.550. The van der Waals surface area contributed by atoms with Crippen molar-refractivity contribution >= 4 is 29.3 Å². The van der Waals surface area contributed by atoms with Crippen LogP contribution in [0, 0.1) is 5.41 Å². The summed E-state index contributed by atoms with van der Waals surface area (Å²) in [5.74, 6) is 0.772. The summed E-state index contributed by atoms with van der Waals surface area (Å²) < 4.78 is 1.89. The molecule has 0 amide bonds. The van der Waals surface area contributed by atoms with Crippen molar-refractivity contribution < 1.29 is 0 Å². The smallest absolute Gasteiger partial charge is 0.171 e. The van der Waals surface area contributed by atoms with Crippen molar-refractivity contribution in [2.75, 3.05) is 0 Å². The molecular formula is C20H27Cl2N5. The van der Waals surface area contributed by atoms with Crippen LogP contribution in [0.15, 0.2) is 24.3 Å². The zero-order valence-corrected chi connectivity index (χ0v) is 17.6. The van der Waals surface area contributed by atoms with Crippen LogP contribution in [-0.4, -0.2) is 20.2 Å². The highest BCUT2D eigenvalue weighted by atomic mass is 35.5. The second-order valence-electron chi connectivity index (χ2n) is 8.50. The van der Waals surface area contributed by atoms with Gasteiger partial charge in [-0.2, -0.15) is 0 Å². The van der Waals surface area contributed by atoms with E-state index in [-0.39, 0.29) is 11.5 Å². The molecule has 1 saturated carbocycles. The zero-order chi connectivity index (χ0) is 19.7. The predicted molar refractivity (Wildman–Crippen MR) is 111 cm³/mol. The number of tetrazole rings is 1. The molecule has 0 aliphatic heterocycles. The maximum absolute atomic E-state index is 6.73. The lowest BCUT2D eigenvalue weighted by molar-refractivity contribution is 0.226. The Morgan fingerprint density at radius 2 is 1.89 bits per heavy atom. The fourth-order valence-electron chi connectivity index (χ4n) is 3.68. The summed E-state index contributed by atoms with van der Waals surface area (Å²) in [5, 5.41) is 13.9. The molecule has 0 spiro atoms. The number of nitrogens with zero attached hydrogens (tertiary/aromatic N) is 4. The molecule has 0 bridgehead atoms. The maximum atomic E-state index is 6.73. The summed E-state index contributed by atoms with van der Waals surface area (Å²) in [6, 6.07) is 5.43. The molecule has 2 aromatic rings. The first-order valence-corrected chi connectivity index (χ1v) is 10.2. The molecule has 5 nitrogen and oxygen atoms in total. The van der Waals surface area contributed by atoms with Gasteiger partial charge in [-0.3, -0.25) is 0 Å². The van der Waals surface area contributed by atoms with Crippen molar-refractivity contribution in [1.82, 2.24) is 20.2 Å². The third kappa shape index (κ3) is 4.53. The lowest BCUT2D eigenvalue weighted by atomic mass is 9.80. The van der Waals surface area contributed by atoms with E-state index < -0.39 is 5.54 Å². The number of hydrogen-bond acceptors (Lipinski definition) is 4. The van der Waals surface area contributed by atoms with Gasteiger partial charge in [-0.1, -0.05) is 81.5 Å². The van der Waals surface area contributed by atoms with E-state index in [4.69, 9.17) is 28.9 Å². The first-order chi connectivity index (χ1) is 12.7. The van der Waals surface area contributed by atoms with E-state index in [1.54, 1.807) is 6.07 Å². The highest BCUT2D eigenvalue weighted by Gasteiger charge is 2.38. The minimum absolute atomic E-state index is 0.0587. The van der Waals surface area contributed by atoms with Gasteiger partial charge < -0.3 is 5.73 Å². The number of hydrogen-bond donors (Lipinski definition) is 1. The molecular weight excluding hydrogens is 381 g/mol. The molecule has 1 aromatic carbocycles. The van der Waals surface area contributed by atoms with Gasteiger partial charge in [0.15, 0.2) is 5.82 Å². The number of benzene rings is 1. The molecule has 27 heavy (non-hydrogen) atoms. The Balaban J connectivity index is 1.97. The summed E-state index contributed by atoms with van der Waals surface area (Å²) in [7, 11) is 0. The van der Waals surface area contributed by atoms with Gasteiger partial charge >= 0.3 is 0 Å². The normalized spacial score (nSPS) is 18.7. The van der Waals surface area contributed by atoms with Gasteiger partial charge in [-0.25, -0.2) is 4.68 Å². The van der Waals surface area contributed by atoms with Crippen LogP contribution in [0.1, 0.15) is 70.3 Å². The molecule has 1 aromatic heterocycles. The van der Waals surface area contributed by atoms with Crippen LogP contribution in [-0.2, 0) is 5.54 Å². The van der Waals surface area contributed by atoms with Crippen LogP contribution in [0.25, 0.3) is 6.08 Å². The second-order valence-corrected chi connectivity index (χ2v) is 9.34. The van der Waals surface area contributed by atoms with Crippen molar-refractivity contribution in [3.05, 3.63) is 45.7 Å². The van der Waals surface area contributed by atoms with E-state index in [9.17, 15) is 0 Å². The number of nitrogens with two attached hydrogens (primary N) is 1. The van der Waals surface area contributed by atoms with Crippen LogP contribution in [0.5, 0.6) is 0 Å². The Kier molecular flexibility index (Phi) is 5.94. The highest BCUT2D eigenvalue weighted by molar-refractivity contribution is 6.35. The lowest BCUT2D eigenvalue weighted by Crippen LogP contribution is -2.43. The molecule has 1 aliphatic rings.